The number of benzene rings is 3. The van der Waals surface area contributed by atoms with Gasteiger partial charge in [0.25, 0.3) is 0 Å². The van der Waals surface area contributed by atoms with E-state index in [1.807, 2.05) is 37.3 Å². The minimum Gasteiger partial charge on any atom is -0.550 e. The molecule has 3 aromatic carbocycles. The van der Waals surface area contributed by atoms with Gasteiger partial charge in [-0.25, -0.2) is 0 Å². The summed E-state index contributed by atoms with van der Waals surface area (Å²) in [7, 11) is 1.62. The van der Waals surface area contributed by atoms with Gasteiger partial charge in [0, 0.05) is 41.6 Å². The molecular weight excluding hydrogens is 667 g/mol. The monoisotopic (exact) mass is 719 g/mol. The molecule has 0 aliphatic heterocycles. The number of phenolic OH excluding ortho intramolecular Hbond substituents is 2. The van der Waals surface area contributed by atoms with Crippen LogP contribution in [0, 0.1) is 11.8 Å². The van der Waals surface area contributed by atoms with Gasteiger partial charge in [-0.2, -0.15) is 0 Å². The van der Waals surface area contributed by atoms with Gasteiger partial charge in [-0.15, -0.1) is 0 Å². The number of aromatic hydroxyl groups is 2. The van der Waals surface area contributed by atoms with Gasteiger partial charge in [-0.3, -0.25) is 9.98 Å². The molecule has 3 aromatic rings. The Balaban J connectivity index is 0.00000230. The predicted molar refractivity (Wildman–Crippen MR) is 190 cm³/mol. The summed E-state index contributed by atoms with van der Waals surface area (Å²) in [5.41, 5.74) is 6.91. The smallest absolute Gasteiger partial charge is 0.550 e. The van der Waals surface area contributed by atoms with Crippen molar-refractivity contribution < 1.29 is 51.5 Å². The van der Waals surface area contributed by atoms with Gasteiger partial charge < -0.3 is 34.8 Å². The zero-order chi connectivity index (χ0) is 36.4. The molecule has 10 heteroatoms. The van der Waals surface area contributed by atoms with Crippen LogP contribution in [0.1, 0.15) is 102 Å². The molecule has 0 amide bonds. The fourth-order valence-electron chi connectivity index (χ4n) is 4.63. The standard InChI is InChI=1S/C35H46N2O3.2C2H4O2.Co/c1-8-27-16-25(12-10-23(3)4)18-29(34(27)38)21-36-32-15-14-31(40-7)20-33(32)37-22-30-19-26(13-11-24(5)6)17-28(9-2)35(30)39;2*1-2(3)4;/h14-24,38-39H,8-13H2,1-7H3;2*1H3,(H,3,4);/q;;;+2/p-2. The third-order valence-electron chi connectivity index (χ3n) is 7.21. The van der Waals surface area contributed by atoms with Gasteiger partial charge in [0.1, 0.15) is 17.2 Å². The Morgan fingerprint density at radius 1 is 0.735 bits per heavy atom. The second kappa shape index (κ2) is 23.2. The van der Waals surface area contributed by atoms with E-state index in [1.54, 1.807) is 19.5 Å². The Labute approximate surface area is 302 Å². The number of hydrogen-bond donors (Lipinski definition) is 2. The number of aryl methyl sites for hydroxylation is 4. The van der Waals surface area contributed by atoms with Crippen LogP contribution in [0.4, 0.5) is 11.4 Å². The van der Waals surface area contributed by atoms with Crippen molar-refractivity contribution in [1.29, 1.82) is 0 Å². The van der Waals surface area contributed by atoms with E-state index in [4.69, 9.17) is 34.5 Å². The molecule has 0 unspecified atom stereocenters. The fourth-order valence-corrected chi connectivity index (χ4v) is 4.63. The Morgan fingerprint density at radius 3 is 1.47 bits per heavy atom. The number of carboxylic acids is 2. The maximum Gasteiger partial charge on any atom is 2.00 e. The summed E-state index contributed by atoms with van der Waals surface area (Å²) in [6.07, 6.45) is 9.02. The van der Waals surface area contributed by atoms with Crippen molar-refractivity contribution in [2.24, 2.45) is 21.8 Å². The van der Waals surface area contributed by atoms with E-state index in [0.29, 0.717) is 40.1 Å². The van der Waals surface area contributed by atoms with E-state index in [0.717, 1.165) is 63.5 Å². The van der Waals surface area contributed by atoms with Crippen LogP contribution in [0.3, 0.4) is 0 Å². The molecule has 269 valence electrons. The molecule has 49 heavy (non-hydrogen) atoms. The number of nitrogens with zero attached hydrogens (tertiary/aromatic N) is 2. The molecule has 0 bridgehead atoms. The van der Waals surface area contributed by atoms with Crippen LogP contribution in [0.5, 0.6) is 17.2 Å². The van der Waals surface area contributed by atoms with Crippen LogP contribution in [-0.4, -0.2) is 41.7 Å². The Bertz CT molecular complexity index is 1530. The number of rotatable bonds is 13. The van der Waals surface area contributed by atoms with Crippen LogP contribution in [0.25, 0.3) is 0 Å². The van der Waals surface area contributed by atoms with Crippen molar-refractivity contribution in [2.75, 3.05) is 7.11 Å². The van der Waals surface area contributed by atoms with Crippen molar-refractivity contribution in [2.45, 2.75) is 93.9 Å². The molecule has 0 heterocycles. The molecule has 9 nitrogen and oxygen atoms in total. The van der Waals surface area contributed by atoms with Crippen molar-refractivity contribution >= 4 is 35.7 Å². The number of carboxylic acid groups (broad SMARTS) is 2. The zero-order valence-corrected chi connectivity index (χ0v) is 31.3. The molecule has 0 fully saturated rings. The minimum absolute atomic E-state index is 0. The summed E-state index contributed by atoms with van der Waals surface area (Å²) >= 11 is 0. The topological polar surface area (TPSA) is 155 Å². The molecule has 3 rings (SSSR count). The average molecular weight is 720 g/mol. The van der Waals surface area contributed by atoms with E-state index in [-0.39, 0.29) is 28.3 Å². The number of hydrogen-bond acceptors (Lipinski definition) is 9. The summed E-state index contributed by atoms with van der Waals surface area (Å²) in [4.78, 5) is 27.3. The number of carbonyl (C=O) groups is 2. The molecule has 0 saturated heterocycles. The Hall–Kier alpha value is -4.15. The number of carbonyl (C=O) groups excluding carboxylic acids is 2. The number of aliphatic carboxylic acids is 2. The van der Waals surface area contributed by atoms with E-state index >= 15 is 0 Å². The van der Waals surface area contributed by atoms with E-state index < -0.39 is 11.9 Å². The molecule has 0 aromatic heterocycles. The maximum absolute atomic E-state index is 10.9. The molecule has 2 N–H and O–H groups in total. The fraction of sp³-hybridized carbons (Fsp3) is 0.436. The van der Waals surface area contributed by atoms with Gasteiger partial charge >= 0.3 is 16.8 Å². The first-order valence-corrected chi connectivity index (χ1v) is 16.4. The molecular formula is C39H52CoN2O7. The van der Waals surface area contributed by atoms with E-state index in [2.05, 4.69) is 46.8 Å². The second-order valence-electron chi connectivity index (χ2n) is 12.3. The van der Waals surface area contributed by atoms with Crippen molar-refractivity contribution in [1.82, 2.24) is 0 Å². The quantitative estimate of drug-likeness (QED) is 0.193. The summed E-state index contributed by atoms with van der Waals surface area (Å²) in [5.74, 6) is 0.259. The maximum atomic E-state index is 10.9. The van der Waals surface area contributed by atoms with Gasteiger partial charge in [0.05, 0.1) is 18.5 Å². The van der Waals surface area contributed by atoms with Gasteiger partial charge in [0.15, 0.2) is 0 Å². The summed E-state index contributed by atoms with van der Waals surface area (Å²) < 4.78 is 5.45. The van der Waals surface area contributed by atoms with Gasteiger partial charge in [-0.1, -0.05) is 53.7 Å². The summed E-state index contributed by atoms with van der Waals surface area (Å²) in [6.45, 7) is 14.9. The van der Waals surface area contributed by atoms with E-state index in [9.17, 15) is 10.2 Å². The number of methoxy groups -OCH3 is 1. The SMILES string of the molecule is CC(=O)[O-].CC(=O)[O-].CCc1cc(CCC(C)C)cc(C=Nc2ccc(OC)cc2N=Cc2cc(CCC(C)C)cc(CC)c2O)c1O.[Co+2]. The Kier molecular flexibility index (Phi) is 21.3. The first kappa shape index (κ1) is 44.8. The molecule has 1 radical (unpaired) electrons. The molecule has 0 aliphatic carbocycles. The summed E-state index contributed by atoms with van der Waals surface area (Å²) in [6, 6.07) is 13.8. The second-order valence-corrected chi connectivity index (χ2v) is 12.3. The number of aliphatic imine (C=N–C) groups is 2. The van der Waals surface area contributed by atoms with Crippen LogP contribution in [0.2, 0.25) is 0 Å². The third kappa shape index (κ3) is 17.2. The molecule has 0 saturated carbocycles. The molecule has 0 atom stereocenters. The third-order valence-corrected chi connectivity index (χ3v) is 7.21. The van der Waals surface area contributed by atoms with Crippen molar-refractivity contribution in [3.8, 4) is 17.2 Å². The van der Waals surface area contributed by atoms with Gasteiger partial charge in [-0.05, 0) is 111 Å². The van der Waals surface area contributed by atoms with Crippen molar-refractivity contribution in [3.05, 3.63) is 75.8 Å². The van der Waals surface area contributed by atoms with E-state index in [1.165, 1.54) is 11.1 Å². The van der Waals surface area contributed by atoms with Gasteiger partial charge in [0.2, 0.25) is 0 Å². The van der Waals surface area contributed by atoms with Crippen LogP contribution in [-0.2, 0) is 52.1 Å². The minimum atomic E-state index is -1.08. The van der Waals surface area contributed by atoms with Crippen LogP contribution >= 0.6 is 0 Å². The normalized spacial score (nSPS) is 10.8. The van der Waals surface area contributed by atoms with Crippen LogP contribution in [0.15, 0.2) is 52.4 Å². The molecule has 0 spiro atoms. The first-order chi connectivity index (χ1) is 22.6. The number of phenols is 2. The largest absolute Gasteiger partial charge is 2.00 e. The zero-order valence-electron chi connectivity index (χ0n) is 30.3. The van der Waals surface area contributed by atoms with Crippen molar-refractivity contribution in [3.63, 3.8) is 0 Å². The first-order valence-electron chi connectivity index (χ1n) is 16.4. The summed E-state index contributed by atoms with van der Waals surface area (Å²) in [5, 5.41) is 39.6. The number of ether oxygens (including phenoxy) is 1. The average Bonchev–Trinajstić information content (AvgIpc) is 3.01. The predicted octanol–water partition coefficient (Wildman–Crippen LogP) is 6.42. The molecule has 0 aliphatic rings. The Morgan fingerprint density at radius 2 is 1.12 bits per heavy atom. The van der Waals surface area contributed by atoms with Crippen LogP contribution < -0.4 is 14.9 Å².